The molecule has 0 fully saturated rings. The van der Waals surface area contributed by atoms with E-state index in [9.17, 15) is 4.79 Å². The highest BCUT2D eigenvalue weighted by Crippen LogP contribution is 2.19. The molecule has 1 aromatic heterocycles. The highest BCUT2D eigenvalue weighted by atomic mass is 32.2. The van der Waals surface area contributed by atoms with E-state index in [0.717, 1.165) is 16.9 Å². The molecule has 0 unspecified atom stereocenters. The maximum Gasteiger partial charge on any atom is 0.322 e. The first kappa shape index (κ1) is 17.2. The molecule has 0 atom stereocenters. The second-order valence-electron chi connectivity index (χ2n) is 5.68. The Bertz CT molecular complexity index is 862. The number of thioether (sulfide) groups is 1. The maximum atomic E-state index is 12.4. The molecule has 0 aliphatic heterocycles. The zero-order chi connectivity index (χ0) is 17.6. The van der Waals surface area contributed by atoms with E-state index in [2.05, 4.69) is 27.6 Å². The summed E-state index contributed by atoms with van der Waals surface area (Å²) in [4.78, 5) is 13.6. The number of aromatic nitrogens is 2. The largest absolute Gasteiger partial charge is 0.408 e. The van der Waals surface area contributed by atoms with Crippen LogP contribution >= 0.6 is 11.8 Å². The first-order valence-corrected chi connectivity index (χ1v) is 8.99. The van der Waals surface area contributed by atoms with Gasteiger partial charge in [0.15, 0.2) is 0 Å². The number of nitrogens with one attached hydrogen (secondary N) is 1. The van der Waals surface area contributed by atoms with Crippen LogP contribution in [0, 0.1) is 13.8 Å². The molecule has 0 aliphatic rings. The third-order valence-corrected chi connectivity index (χ3v) is 4.67. The van der Waals surface area contributed by atoms with Gasteiger partial charge in [-0.2, -0.15) is 0 Å². The Morgan fingerprint density at radius 3 is 2.72 bits per heavy atom. The van der Waals surface area contributed by atoms with Gasteiger partial charge in [-0.15, -0.1) is 16.9 Å². The Kier molecular flexibility index (Phi) is 5.50. The van der Waals surface area contributed by atoms with Gasteiger partial charge >= 0.3 is 6.01 Å². The number of amides is 1. The second-order valence-corrected chi connectivity index (χ2v) is 6.85. The molecule has 0 aliphatic carbocycles. The summed E-state index contributed by atoms with van der Waals surface area (Å²) in [5.41, 5.74) is 2.54. The fourth-order valence-corrected chi connectivity index (χ4v) is 3.18. The number of rotatable bonds is 6. The number of carbonyl (C=O) groups excluding carboxylic acids is 1. The minimum absolute atomic E-state index is 0.130. The van der Waals surface area contributed by atoms with Crippen LogP contribution in [0.3, 0.4) is 0 Å². The van der Waals surface area contributed by atoms with Crippen LogP contribution in [-0.4, -0.2) is 21.9 Å². The fourth-order valence-electron chi connectivity index (χ4n) is 2.32. The van der Waals surface area contributed by atoms with Crippen molar-refractivity contribution in [1.82, 2.24) is 10.2 Å². The van der Waals surface area contributed by atoms with Crippen LogP contribution < -0.4 is 5.32 Å². The van der Waals surface area contributed by atoms with Gasteiger partial charge in [-0.05, 0) is 37.6 Å². The molecule has 0 saturated carbocycles. The molecule has 0 radical (unpaired) electrons. The van der Waals surface area contributed by atoms with Gasteiger partial charge in [0.2, 0.25) is 5.89 Å². The number of benzene rings is 2. The topological polar surface area (TPSA) is 68.0 Å². The van der Waals surface area contributed by atoms with Crippen LogP contribution in [0.2, 0.25) is 0 Å². The lowest BCUT2D eigenvalue weighted by Gasteiger charge is -2.05. The average Bonchev–Trinajstić information content (AvgIpc) is 3.05. The van der Waals surface area contributed by atoms with E-state index >= 15 is 0 Å². The predicted octanol–water partition coefficient (Wildman–Crippen LogP) is 4.27. The lowest BCUT2D eigenvalue weighted by atomic mass is 10.1. The van der Waals surface area contributed by atoms with Gasteiger partial charge in [-0.1, -0.05) is 41.0 Å². The van der Waals surface area contributed by atoms with Crippen molar-refractivity contribution in [3.05, 3.63) is 71.1 Å². The van der Waals surface area contributed by atoms with Gasteiger partial charge in [0.25, 0.3) is 5.91 Å². The lowest BCUT2D eigenvalue weighted by molar-refractivity contribution is 0.102. The van der Waals surface area contributed by atoms with Crippen LogP contribution in [0.1, 0.15) is 27.4 Å². The smallest absolute Gasteiger partial charge is 0.322 e. The molecule has 25 heavy (non-hydrogen) atoms. The van der Waals surface area contributed by atoms with E-state index in [1.54, 1.807) is 11.8 Å². The maximum absolute atomic E-state index is 12.4. The number of carbonyl (C=O) groups is 1. The zero-order valence-electron chi connectivity index (χ0n) is 14.2. The Balaban J connectivity index is 1.56. The second kappa shape index (κ2) is 7.98. The summed E-state index contributed by atoms with van der Waals surface area (Å²) in [5, 5.41) is 10.6. The van der Waals surface area contributed by atoms with Crippen LogP contribution in [-0.2, 0) is 6.42 Å². The van der Waals surface area contributed by atoms with E-state index in [-0.39, 0.29) is 11.9 Å². The molecule has 3 aromatic rings. The van der Waals surface area contributed by atoms with Crippen molar-refractivity contribution in [3.8, 4) is 0 Å². The van der Waals surface area contributed by atoms with Gasteiger partial charge in [0.1, 0.15) is 0 Å². The predicted molar refractivity (Wildman–Crippen MR) is 99.0 cm³/mol. The Hall–Kier alpha value is -2.60. The quantitative estimate of drug-likeness (QED) is 0.670. The molecular weight excluding hydrogens is 334 g/mol. The van der Waals surface area contributed by atoms with Crippen molar-refractivity contribution < 1.29 is 9.21 Å². The molecule has 0 saturated heterocycles. The lowest BCUT2D eigenvalue weighted by Crippen LogP contribution is -2.13. The standard InChI is InChI=1S/C19H19N3O2S/c1-13-8-9-14(2)16(12-13)18(23)20-19-22-21-17(24-19)10-11-25-15-6-4-3-5-7-15/h3-9,12H,10-11H2,1-2H3,(H,20,22,23). The van der Waals surface area contributed by atoms with Gasteiger partial charge in [-0.3, -0.25) is 10.1 Å². The normalized spacial score (nSPS) is 10.6. The van der Waals surface area contributed by atoms with E-state index in [1.165, 1.54) is 4.90 Å². The molecule has 0 bridgehead atoms. The molecular formula is C19H19N3O2S. The van der Waals surface area contributed by atoms with Crippen LogP contribution in [0.4, 0.5) is 6.01 Å². The van der Waals surface area contributed by atoms with Crippen molar-refractivity contribution in [2.24, 2.45) is 0 Å². The van der Waals surface area contributed by atoms with Crippen molar-refractivity contribution in [2.45, 2.75) is 25.2 Å². The first-order valence-electron chi connectivity index (χ1n) is 8.00. The van der Waals surface area contributed by atoms with Gasteiger partial charge in [-0.25, -0.2) is 0 Å². The van der Waals surface area contributed by atoms with Crippen LogP contribution in [0.5, 0.6) is 0 Å². The average molecular weight is 353 g/mol. The number of hydrogen-bond donors (Lipinski definition) is 1. The Morgan fingerprint density at radius 2 is 1.92 bits per heavy atom. The molecule has 3 rings (SSSR count). The molecule has 1 amide bonds. The van der Waals surface area contributed by atoms with E-state index in [4.69, 9.17) is 4.42 Å². The monoisotopic (exact) mass is 353 g/mol. The summed E-state index contributed by atoms with van der Waals surface area (Å²) in [6, 6.07) is 16.0. The number of hydrogen-bond acceptors (Lipinski definition) is 5. The summed E-state index contributed by atoms with van der Waals surface area (Å²) in [6.07, 6.45) is 0.645. The minimum atomic E-state index is -0.241. The van der Waals surface area contributed by atoms with Gasteiger partial charge in [0, 0.05) is 22.6 Å². The SMILES string of the molecule is Cc1ccc(C)c(C(=O)Nc2nnc(CCSc3ccccc3)o2)c1. The van der Waals surface area contributed by atoms with Gasteiger partial charge in [0.05, 0.1) is 0 Å². The highest BCUT2D eigenvalue weighted by molar-refractivity contribution is 7.99. The van der Waals surface area contributed by atoms with Crippen molar-refractivity contribution in [1.29, 1.82) is 0 Å². The van der Waals surface area contributed by atoms with Crippen molar-refractivity contribution in [3.63, 3.8) is 0 Å². The Labute approximate surface area is 150 Å². The summed E-state index contributed by atoms with van der Waals surface area (Å²) in [7, 11) is 0. The highest BCUT2D eigenvalue weighted by Gasteiger charge is 2.13. The Morgan fingerprint density at radius 1 is 1.12 bits per heavy atom. The minimum Gasteiger partial charge on any atom is -0.408 e. The fraction of sp³-hybridized carbons (Fsp3) is 0.211. The van der Waals surface area contributed by atoms with Gasteiger partial charge < -0.3 is 4.42 Å². The van der Waals surface area contributed by atoms with E-state index in [1.807, 2.05) is 50.2 Å². The molecule has 5 nitrogen and oxygen atoms in total. The summed E-state index contributed by atoms with van der Waals surface area (Å²) >= 11 is 1.72. The number of nitrogens with zero attached hydrogens (tertiary/aromatic N) is 2. The zero-order valence-corrected chi connectivity index (χ0v) is 15.0. The molecule has 6 heteroatoms. The van der Waals surface area contributed by atoms with Crippen LogP contribution in [0.15, 0.2) is 57.8 Å². The van der Waals surface area contributed by atoms with E-state index in [0.29, 0.717) is 17.9 Å². The number of anilines is 1. The summed E-state index contributed by atoms with van der Waals surface area (Å²) in [6.45, 7) is 3.85. The number of aryl methyl sites for hydroxylation is 3. The summed E-state index contributed by atoms with van der Waals surface area (Å²) < 4.78 is 5.52. The molecule has 0 spiro atoms. The van der Waals surface area contributed by atoms with Crippen LogP contribution in [0.25, 0.3) is 0 Å². The van der Waals surface area contributed by atoms with Crippen molar-refractivity contribution >= 4 is 23.7 Å². The van der Waals surface area contributed by atoms with Crippen molar-refractivity contribution in [2.75, 3.05) is 11.1 Å². The molecule has 2 aromatic carbocycles. The third-order valence-electron chi connectivity index (χ3n) is 3.65. The third kappa shape index (κ3) is 4.70. The molecule has 128 valence electrons. The molecule has 1 N–H and O–H groups in total. The first-order chi connectivity index (χ1) is 12.1. The van der Waals surface area contributed by atoms with E-state index < -0.39 is 0 Å². The molecule has 1 heterocycles. The summed E-state index contributed by atoms with van der Waals surface area (Å²) in [5.74, 6) is 1.10.